The molecule has 6 nitrogen and oxygen atoms in total. The summed E-state index contributed by atoms with van der Waals surface area (Å²) in [6.45, 7) is 5.66. The highest BCUT2D eigenvalue weighted by Crippen LogP contribution is 2.29. The number of hydrogen-bond acceptors (Lipinski definition) is 6. The zero-order valence-electron chi connectivity index (χ0n) is 16.5. The standard InChI is InChI=1S/C22H21N5OS/c1-14-9-10-18(11-15(14)2)27-21(17-7-5-4-6-8-17)25-26-22(27)29-13-20(28)19(12-23)16(3)24/h4-11H,13,24H2,1-3H3/b19-16+. The van der Waals surface area contributed by atoms with Gasteiger partial charge in [-0.25, -0.2) is 0 Å². The summed E-state index contributed by atoms with van der Waals surface area (Å²) in [6, 6.07) is 17.8. The van der Waals surface area contributed by atoms with Crippen LogP contribution in [0.25, 0.3) is 17.1 Å². The van der Waals surface area contributed by atoms with Gasteiger partial charge in [-0.3, -0.25) is 9.36 Å². The van der Waals surface area contributed by atoms with Crippen LogP contribution in [0.15, 0.2) is 65.0 Å². The van der Waals surface area contributed by atoms with Gasteiger partial charge in [0.2, 0.25) is 0 Å². The molecule has 2 N–H and O–H groups in total. The molecule has 0 unspecified atom stereocenters. The molecule has 0 aliphatic rings. The Morgan fingerprint density at radius 3 is 2.48 bits per heavy atom. The number of Topliss-reactive ketones (excluding diaryl/α,β-unsaturated/α-hetero) is 1. The van der Waals surface area contributed by atoms with Crippen molar-refractivity contribution in [2.24, 2.45) is 5.73 Å². The van der Waals surface area contributed by atoms with E-state index in [0.29, 0.717) is 11.0 Å². The molecule has 0 spiro atoms. The average molecular weight is 404 g/mol. The van der Waals surface area contributed by atoms with E-state index in [9.17, 15) is 4.79 Å². The highest BCUT2D eigenvalue weighted by molar-refractivity contribution is 7.99. The number of nitrogens with zero attached hydrogens (tertiary/aromatic N) is 4. The van der Waals surface area contributed by atoms with E-state index >= 15 is 0 Å². The minimum absolute atomic E-state index is 0.0157. The highest BCUT2D eigenvalue weighted by atomic mass is 32.2. The van der Waals surface area contributed by atoms with Crippen LogP contribution in [0.1, 0.15) is 18.1 Å². The first kappa shape index (κ1) is 20.4. The summed E-state index contributed by atoms with van der Waals surface area (Å²) in [5, 5.41) is 18.4. The third-order valence-corrected chi connectivity index (χ3v) is 5.46. The number of aromatic nitrogens is 3. The molecule has 1 heterocycles. The maximum atomic E-state index is 12.4. The molecule has 0 fully saturated rings. The molecule has 0 bridgehead atoms. The molecular weight excluding hydrogens is 382 g/mol. The van der Waals surface area contributed by atoms with Crippen molar-refractivity contribution < 1.29 is 4.79 Å². The second kappa shape index (κ2) is 8.76. The monoisotopic (exact) mass is 403 g/mol. The van der Waals surface area contributed by atoms with Crippen LogP contribution in [0, 0.1) is 25.2 Å². The van der Waals surface area contributed by atoms with Crippen LogP contribution in [0.4, 0.5) is 0 Å². The fourth-order valence-electron chi connectivity index (χ4n) is 2.81. The van der Waals surface area contributed by atoms with Gasteiger partial charge in [0.05, 0.1) is 11.4 Å². The number of nitrogens with two attached hydrogens (primary N) is 1. The lowest BCUT2D eigenvalue weighted by atomic mass is 10.1. The van der Waals surface area contributed by atoms with E-state index in [1.807, 2.05) is 53.1 Å². The van der Waals surface area contributed by atoms with E-state index in [1.165, 1.54) is 17.3 Å². The Hall–Kier alpha value is -3.37. The minimum atomic E-state index is -0.326. The van der Waals surface area contributed by atoms with Gasteiger partial charge in [-0.05, 0) is 44.0 Å². The van der Waals surface area contributed by atoms with Crippen molar-refractivity contribution in [3.05, 3.63) is 70.9 Å². The molecule has 29 heavy (non-hydrogen) atoms. The second-order valence-electron chi connectivity index (χ2n) is 6.66. The zero-order valence-corrected chi connectivity index (χ0v) is 17.3. The Morgan fingerprint density at radius 1 is 1.14 bits per heavy atom. The number of aryl methyl sites for hydroxylation is 2. The van der Waals surface area contributed by atoms with Crippen LogP contribution >= 0.6 is 11.8 Å². The molecule has 0 saturated carbocycles. The lowest BCUT2D eigenvalue weighted by molar-refractivity contribution is -0.112. The smallest absolute Gasteiger partial charge is 0.196 e. The summed E-state index contributed by atoms with van der Waals surface area (Å²) in [5.74, 6) is 0.415. The molecule has 3 rings (SSSR count). The van der Waals surface area contributed by atoms with E-state index in [-0.39, 0.29) is 22.8 Å². The summed E-state index contributed by atoms with van der Waals surface area (Å²) in [4.78, 5) is 12.4. The van der Waals surface area contributed by atoms with Gasteiger partial charge in [-0.15, -0.1) is 10.2 Å². The lowest BCUT2D eigenvalue weighted by Crippen LogP contribution is -2.11. The Morgan fingerprint density at radius 2 is 1.86 bits per heavy atom. The van der Waals surface area contributed by atoms with E-state index in [1.54, 1.807) is 6.92 Å². The molecular formula is C22H21N5OS. The number of thioether (sulfide) groups is 1. The predicted molar refractivity (Wildman–Crippen MR) is 115 cm³/mol. The van der Waals surface area contributed by atoms with Crippen LogP contribution < -0.4 is 5.73 Å². The van der Waals surface area contributed by atoms with Crippen LogP contribution in [0.2, 0.25) is 0 Å². The van der Waals surface area contributed by atoms with Crippen LogP contribution in [-0.4, -0.2) is 26.3 Å². The van der Waals surface area contributed by atoms with E-state index in [0.717, 1.165) is 16.8 Å². The normalized spacial score (nSPS) is 11.7. The fraction of sp³-hybridized carbons (Fsp3) is 0.182. The Kier molecular flexibility index (Phi) is 6.15. The molecule has 0 aliphatic heterocycles. The van der Waals surface area contributed by atoms with Crippen molar-refractivity contribution in [1.82, 2.24) is 14.8 Å². The third kappa shape index (κ3) is 4.39. The van der Waals surface area contributed by atoms with Crippen molar-refractivity contribution in [1.29, 1.82) is 5.26 Å². The molecule has 7 heteroatoms. The maximum absolute atomic E-state index is 12.4. The molecule has 0 atom stereocenters. The van der Waals surface area contributed by atoms with Crippen molar-refractivity contribution in [2.75, 3.05) is 5.75 Å². The second-order valence-corrected chi connectivity index (χ2v) is 7.60. The number of ketones is 1. The van der Waals surface area contributed by atoms with Crippen molar-refractivity contribution in [2.45, 2.75) is 25.9 Å². The first-order valence-corrected chi connectivity index (χ1v) is 10.0. The van der Waals surface area contributed by atoms with Crippen LogP contribution in [0.5, 0.6) is 0 Å². The number of hydrogen-bond donors (Lipinski definition) is 1. The summed E-state index contributed by atoms with van der Waals surface area (Å²) >= 11 is 1.24. The lowest BCUT2D eigenvalue weighted by Gasteiger charge is -2.12. The highest BCUT2D eigenvalue weighted by Gasteiger charge is 2.19. The Bertz CT molecular complexity index is 1120. The first-order valence-electron chi connectivity index (χ1n) is 9.03. The largest absolute Gasteiger partial charge is 0.401 e. The molecule has 0 radical (unpaired) electrons. The minimum Gasteiger partial charge on any atom is -0.401 e. The quantitative estimate of drug-likeness (QED) is 0.380. The average Bonchev–Trinajstić information content (AvgIpc) is 3.13. The SMILES string of the molecule is C/C(N)=C(/C#N)C(=O)CSc1nnc(-c2ccccc2)n1-c1ccc(C)c(C)c1. The predicted octanol–water partition coefficient (Wildman–Crippen LogP) is 3.97. The molecule has 0 amide bonds. The number of carbonyl (C=O) groups excluding carboxylic acids is 1. The van der Waals surface area contributed by atoms with Gasteiger partial charge >= 0.3 is 0 Å². The Balaban J connectivity index is 2.03. The van der Waals surface area contributed by atoms with Gasteiger partial charge in [0.15, 0.2) is 16.8 Å². The maximum Gasteiger partial charge on any atom is 0.196 e. The van der Waals surface area contributed by atoms with E-state index < -0.39 is 0 Å². The van der Waals surface area contributed by atoms with E-state index in [4.69, 9.17) is 11.0 Å². The molecule has 0 aliphatic carbocycles. The van der Waals surface area contributed by atoms with Gasteiger partial charge in [-0.1, -0.05) is 48.2 Å². The van der Waals surface area contributed by atoms with E-state index in [2.05, 4.69) is 30.1 Å². The molecule has 0 saturated heterocycles. The summed E-state index contributed by atoms with van der Waals surface area (Å²) in [5.41, 5.74) is 10.0. The number of rotatable bonds is 6. The van der Waals surface area contributed by atoms with Crippen molar-refractivity contribution in [3.8, 4) is 23.1 Å². The van der Waals surface area contributed by atoms with Gasteiger partial charge in [0.1, 0.15) is 11.6 Å². The molecule has 146 valence electrons. The van der Waals surface area contributed by atoms with Gasteiger partial charge in [0.25, 0.3) is 0 Å². The van der Waals surface area contributed by atoms with Crippen molar-refractivity contribution in [3.63, 3.8) is 0 Å². The van der Waals surface area contributed by atoms with Crippen LogP contribution in [-0.2, 0) is 4.79 Å². The Labute approximate surface area is 174 Å². The molecule has 1 aromatic heterocycles. The van der Waals surface area contributed by atoms with Gasteiger partial charge in [0, 0.05) is 11.3 Å². The van der Waals surface area contributed by atoms with Crippen LogP contribution in [0.3, 0.4) is 0 Å². The number of benzene rings is 2. The third-order valence-electron chi connectivity index (χ3n) is 4.53. The number of carbonyl (C=O) groups is 1. The van der Waals surface area contributed by atoms with Gasteiger partial charge in [-0.2, -0.15) is 5.26 Å². The first-order chi connectivity index (χ1) is 13.9. The summed E-state index contributed by atoms with van der Waals surface area (Å²) in [6.07, 6.45) is 0. The molecule has 2 aromatic carbocycles. The summed E-state index contributed by atoms with van der Waals surface area (Å²) < 4.78 is 1.94. The topological polar surface area (TPSA) is 97.6 Å². The summed E-state index contributed by atoms with van der Waals surface area (Å²) in [7, 11) is 0. The van der Waals surface area contributed by atoms with Crippen molar-refractivity contribution >= 4 is 17.5 Å². The fourth-order valence-corrected chi connectivity index (χ4v) is 3.63. The number of allylic oxidation sites excluding steroid dienone is 2. The molecule has 3 aromatic rings. The zero-order chi connectivity index (χ0) is 21.0. The number of nitriles is 1. The van der Waals surface area contributed by atoms with Gasteiger partial charge < -0.3 is 5.73 Å².